The van der Waals surface area contributed by atoms with Crippen molar-refractivity contribution < 1.29 is 43.2 Å². The van der Waals surface area contributed by atoms with Crippen LogP contribution in [0.15, 0.2) is 23.6 Å². The Morgan fingerprint density at radius 2 is 1.75 bits per heavy atom. The van der Waals surface area contributed by atoms with E-state index in [1.807, 2.05) is 53.0 Å². The average Bonchev–Trinajstić information content (AvgIpc) is 3.47. The van der Waals surface area contributed by atoms with Crippen LogP contribution in [0.2, 0.25) is 5.02 Å². The molecule has 7 rings (SSSR count). The van der Waals surface area contributed by atoms with Crippen molar-refractivity contribution in [2.24, 2.45) is 23.2 Å². The SMILES string of the molecule is CC[C@@H]1C[C@]1(NC(=O)[C@@H]1C[C@@H](Oc2cc(-c3csc(NC(C)C)n3)nc3c(Cl)c(OCCN4CCOCC4)ccc23)CN1C(=O)[C@@H](NC(=O)OC1CC(C)[C@H](C)C1)C(C)(C)C)C(=O)O. The number of fused-ring (bicyclic) bond motifs is 1. The van der Waals surface area contributed by atoms with Crippen LogP contribution in [0.4, 0.5) is 9.93 Å². The van der Waals surface area contributed by atoms with Crippen molar-refractivity contribution >= 4 is 62.8 Å². The molecule has 3 aromatic rings. The number of nitrogens with one attached hydrogen (secondary N) is 3. The number of aliphatic carboxylic acids is 1. The predicted molar refractivity (Wildman–Crippen MR) is 245 cm³/mol. The number of nitrogens with zero attached hydrogens (tertiary/aromatic N) is 4. The third-order valence-electron chi connectivity index (χ3n) is 13.2. The first-order valence-corrected chi connectivity index (χ1v) is 23.9. The molecule has 18 heteroatoms. The highest BCUT2D eigenvalue weighted by Gasteiger charge is 2.61. The van der Waals surface area contributed by atoms with E-state index in [1.165, 1.54) is 16.2 Å². The second-order valence-corrected chi connectivity index (χ2v) is 20.6. The Balaban J connectivity index is 1.20. The number of carboxylic acids is 1. The molecule has 2 unspecified atom stereocenters. The molecule has 2 aliphatic heterocycles. The molecule has 4 N–H and O–H groups in total. The lowest BCUT2D eigenvalue weighted by Crippen LogP contribution is -2.59. The van der Waals surface area contributed by atoms with E-state index in [4.69, 9.17) is 40.5 Å². The number of pyridine rings is 1. The van der Waals surface area contributed by atoms with Gasteiger partial charge in [-0.1, -0.05) is 59.6 Å². The van der Waals surface area contributed by atoms with Gasteiger partial charge in [-0.3, -0.25) is 14.5 Å². The minimum Gasteiger partial charge on any atom is -0.491 e. The summed E-state index contributed by atoms with van der Waals surface area (Å²) >= 11 is 8.56. The van der Waals surface area contributed by atoms with Crippen molar-refractivity contribution in [3.05, 3.63) is 28.6 Å². The number of halogens is 1. The van der Waals surface area contributed by atoms with Gasteiger partial charge >= 0.3 is 12.1 Å². The smallest absolute Gasteiger partial charge is 0.408 e. The van der Waals surface area contributed by atoms with E-state index in [2.05, 4.69) is 34.7 Å². The Morgan fingerprint density at radius 1 is 1.03 bits per heavy atom. The van der Waals surface area contributed by atoms with Crippen LogP contribution >= 0.6 is 22.9 Å². The van der Waals surface area contributed by atoms with Gasteiger partial charge in [-0.15, -0.1) is 11.3 Å². The highest BCUT2D eigenvalue weighted by molar-refractivity contribution is 7.14. The Hall–Kier alpha value is -4.45. The average molecular weight is 927 g/mol. The highest BCUT2D eigenvalue weighted by atomic mass is 35.5. The zero-order valence-corrected chi connectivity index (χ0v) is 39.8. The number of hydrogen-bond donors (Lipinski definition) is 4. The molecule has 2 aliphatic carbocycles. The molecule has 4 fully saturated rings. The largest absolute Gasteiger partial charge is 0.491 e. The van der Waals surface area contributed by atoms with Crippen molar-refractivity contribution in [1.82, 2.24) is 30.4 Å². The Kier molecular flexibility index (Phi) is 14.5. The van der Waals surface area contributed by atoms with Crippen molar-refractivity contribution in [3.8, 4) is 22.9 Å². The second-order valence-electron chi connectivity index (χ2n) is 19.4. The van der Waals surface area contributed by atoms with Gasteiger partial charge in [0.25, 0.3) is 0 Å². The molecule has 4 heterocycles. The molecule has 1 aromatic carbocycles. The third-order valence-corrected chi connectivity index (χ3v) is 14.3. The number of rotatable bonds is 16. The summed E-state index contributed by atoms with van der Waals surface area (Å²) in [6, 6.07) is 3.35. The number of alkyl carbamates (subject to hydrolysis) is 1. The van der Waals surface area contributed by atoms with Crippen LogP contribution in [-0.2, 0) is 23.9 Å². The van der Waals surface area contributed by atoms with Crippen molar-refractivity contribution in [2.75, 3.05) is 51.3 Å². The lowest BCUT2D eigenvalue weighted by Gasteiger charge is -2.35. The number of carbonyl (C=O) groups is 4. The van der Waals surface area contributed by atoms with Gasteiger partial charge in [-0.25, -0.2) is 19.6 Å². The summed E-state index contributed by atoms with van der Waals surface area (Å²) in [7, 11) is 0. The van der Waals surface area contributed by atoms with Gasteiger partial charge in [0.05, 0.1) is 31.0 Å². The first kappa shape index (κ1) is 47.5. The number of likely N-dealkylation sites (tertiary alicyclic amines) is 1. The molecular formula is C46H64ClN7O9S. The lowest BCUT2D eigenvalue weighted by atomic mass is 9.85. The number of thiazole rings is 1. The second kappa shape index (κ2) is 19.6. The maximum absolute atomic E-state index is 14.9. The Morgan fingerprint density at radius 3 is 2.39 bits per heavy atom. The summed E-state index contributed by atoms with van der Waals surface area (Å²) in [5, 5.41) is 22.7. The number of carboxylic acid groups (broad SMARTS) is 1. The maximum atomic E-state index is 14.9. The van der Waals surface area contributed by atoms with E-state index >= 15 is 0 Å². The first-order valence-electron chi connectivity index (χ1n) is 22.6. The van der Waals surface area contributed by atoms with E-state index in [0.29, 0.717) is 83.4 Å². The van der Waals surface area contributed by atoms with Crippen LogP contribution in [0.3, 0.4) is 0 Å². The molecule has 2 aromatic heterocycles. The van der Waals surface area contributed by atoms with Crippen molar-refractivity contribution in [3.63, 3.8) is 0 Å². The summed E-state index contributed by atoms with van der Waals surface area (Å²) in [5.74, 6) is -0.806. The van der Waals surface area contributed by atoms with Gasteiger partial charge in [0, 0.05) is 48.9 Å². The molecule has 3 amide bonds. The quantitative estimate of drug-likeness (QED) is 0.117. The van der Waals surface area contributed by atoms with Crippen molar-refractivity contribution in [1.29, 1.82) is 0 Å². The van der Waals surface area contributed by atoms with Crippen LogP contribution in [0, 0.1) is 23.2 Å². The Bertz CT molecular complexity index is 2190. The number of benzene rings is 1. The van der Waals surface area contributed by atoms with Gasteiger partial charge in [0.2, 0.25) is 11.8 Å². The molecule has 0 spiro atoms. The topological polar surface area (TPSA) is 194 Å². The van der Waals surface area contributed by atoms with E-state index in [-0.39, 0.29) is 37.5 Å². The number of carbonyl (C=O) groups excluding carboxylic acids is 3. The van der Waals surface area contributed by atoms with Gasteiger partial charge in [0.15, 0.2) is 5.13 Å². The van der Waals surface area contributed by atoms with Crippen LogP contribution in [0.1, 0.15) is 87.5 Å². The molecule has 0 bridgehead atoms. The highest BCUT2D eigenvalue weighted by Crippen LogP contribution is 2.47. The zero-order chi connectivity index (χ0) is 46.1. The molecule has 350 valence electrons. The third kappa shape index (κ3) is 10.6. The van der Waals surface area contributed by atoms with Crippen LogP contribution in [-0.4, -0.2) is 131 Å². The lowest BCUT2D eigenvalue weighted by molar-refractivity contribution is -0.146. The van der Waals surface area contributed by atoms with E-state index in [1.54, 1.807) is 12.1 Å². The molecule has 16 nitrogen and oxygen atoms in total. The van der Waals surface area contributed by atoms with Gasteiger partial charge in [0.1, 0.15) is 58.7 Å². The maximum Gasteiger partial charge on any atom is 0.408 e. The van der Waals surface area contributed by atoms with Gasteiger partial charge in [-0.2, -0.15) is 0 Å². The van der Waals surface area contributed by atoms with E-state index in [9.17, 15) is 24.3 Å². The monoisotopic (exact) mass is 925 g/mol. The standard InChI is InChI=1S/C46H64ClN7O9S/c1-9-28-22-46(28,42(57)58)52-40(55)34-20-30(23-54(34)41(56)39(45(6,7)8)51-44(59)63-29-18-26(4)27(5)19-29)62-36-21-32(33-24-64-43(50-33)48-25(2)3)49-38-31(36)10-11-35(37(38)47)61-17-14-53-12-15-60-16-13-53/h10-11,21,24-30,34,39H,9,12-20,22-23H2,1-8H3,(H,48,50)(H,51,59)(H,52,55)(H,57,58)/t26-,27?,28-,29?,30-,34+,39-,46-/m1/s1. The summed E-state index contributed by atoms with van der Waals surface area (Å²) in [5.41, 5.74) is -0.714. The van der Waals surface area contributed by atoms with Gasteiger partial charge < -0.3 is 44.9 Å². The first-order chi connectivity index (χ1) is 30.4. The van der Waals surface area contributed by atoms with E-state index in [0.717, 1.165) is 31.1 Å². The normalized spacial score (nSPS) is 26.4. The number of anilines is 1. The fraction of sp³-hybridized carbons (Fsp3) is 0.652. The molecule has 8 atom stereocenters. The van der Waals surface area contributed by atoms with Crippen LogP contribution in [0.25, 0.3) is 22.3 Å². The Labute approximate surface area is 384 Å². The van der Waals surface area contributed by atoms with Crippen LogP contribution in [0.5, 0.6) is 11.5 Å². The summed E-state index contributed by atoms with van der Waals surface area (Å²) in [6.07, 6.45) is 0.650. The van der Waals surface area contributed by atoms with E-state index < -0.39 is 53.0 Å². The molecule has 0 radical (unpaired) electrons. The molecule has 2 saturated heterocycles. The minimum atomic E-state index is -1.42. The minimum absolute atomic E-state index is 0.0378. The molecule has 64 heavy (non-hydrogen) atoms. The number of aromatic nitrogens is 2. The molecule has 2 saturated carbocycles. The number of amides is 3. The zero-order valence-electron chi connectivity index (χ0n) is 38.2. The molecular weight excluding hydrogens is 862 g/mol. The van der Waals surface area contributed by atoms with Crippen molar-refractivity contribution in [2.45, 2.75) is 123 Å². The number of morpholine rings is 1. The fourth-order valence-electron chi connectivity index (χ4n) is 9.12. The van der Waals surface area contributed by atoms with Gasteiger partial charge in [-0.05, 0) is 68.4 Å². The predicted octanol–water partition coefficient (Wildman–Crippen LogP) is 6.84. The summed E-state index contributed by atoms with van der Waals surface area (Å²) < 4.78 is 24.4. The number of ether oxygens (including phenoxy) is 4. The summed E-state index contributed by atoms with van der Waals surface area (Å²) in [6.45, 7) is 19.8. The van der Waals surface area contributed by atoms with Crippen LogP contribution < -0.4 is 25.4 Å². The molecule has 4 aliphatic rings. The number of hydrogen-bond acceptors (Lipinski definition) is 13. The fourth-order valence-corrected chi connectivity index (χ4v) is 10.2. The summed E-state index contributed by atoms with van der Waals surface area (Å²) in [4.78, 5) is 68.7.